The molecule has 9 nitrogen and oxygen atoms in total. The highest BCUT2D eigenvalue weighted by molar-refractivity contribution is 7.11. The van der Waals surface area contributed by atoms with Crippen molar-refractivity contribution >= 4 is 28.8 Å². The number of carbonyl (C=O) groups is 1. The predicted octanol–water partition coefficient (Wildman–Crippen LogP) is 18.1. The lowest BCUT2D eigenvalue weighted by Crippen LogP contribution is -2.46. The first-order chi connectivity index (χ1) is 33.9. The molecule has 1 amide bonds. The van der Waals surface area contributed by atoms with Crippen molar-refractivity contribution in [3.63, 3.8) is 0 Å². The van der Waals surface area contributed by atoms with Crippen LogP contribution in [0.5, 0.6) is 0 Å². The van der Waals surface area contributed by atoms with E-state index >= 15 is 0 Å². The Kier molecular flexibility index (Phi) is 28.2. The van der Waals surface area contributed by atoms with Gasteiger partial charge in [0.2, 0.25) is 5.91 Å². The Labute approximate surface area is 461 Å². The SMILES string of the molecule is CC(C)C1CCCN(C(C)C)C1=O.CC(C)c1cc(C(C)(C)C)n[nH]1.CC(C)c1cc(C(C)(C)C)sn1.CC(C)c1ccc(C(C)C)nc1.CC(C)c1cccn(C(C)C)c1=O.CC(C)c1ncc(C(C)(C)C)s1. The number of aromatic nitrogens is 6. The van der Waals surface area contributed by atoms with Crippen LogP contribution in [0.1, 0.15) is 290 Å². The number of thiazole rings is 1. The number of carbonyl (C=O) groups excluding carboxylic acids is 1. The molecule has 1 unspecified atom stereocenters. The number of nitrogens with zero attached hydrogens (tertiary/aromatic N) is 6. The van der Waals surface area contributed by atoms with E-state index in [0.29, 0.717) is 53.4 Å². The highest BCUT2D eigenvalue weighted by Gasteiger charge is 2.32. The van der Waals surface area contributed by atoms with Gasteiger partial charge in [0.25, 0.3) is 5.56 Å². The summed E-state index contributed by atoms with van der Waals surface area (Å²) in [4.78, 5) is 37.3. The summed E-state index contributed by atoms with van der Waals surface area (Å²) in [6, 6.07) is 13.1. The van der Waals surface area contributed by atoms with Crippen LogP contribution >= 0.6 is 22.9 Å². The van der Waals surface area contributed by atoms with E-state index in [1.807, 2.05) is 74.7 Å². The first kappa shape index (κ1) is 68.1. The molecule has 0 aromatic carbocycles. The lowest BCUT2D eigenvalue weighted by atomic mass is 9.86. The van der Waals surface area contributed by atoms with E-state index in [-0.39, 0.29) is 33.8 Å². The van der Waals surface area contributed by atoms with Crippen molar-refractivity contribution in [1.29, 1.82) is 0 Å². The third-order valence-electron chi connectivity index (χ3n) is 12.8. The molecule has 6 rings (SSSR count). The van der Waals surface area contributed by atoms with Crippen LogP contribution in [0, 0.1) is 11.8 Å². The number of hydrogen-bond acceptors (Lipinski definition) is 8. The smallest absolute Gasteiger partial charge is 0.254 e. The highest BCUT2D eigenvalue weighted by atomic mass is 32.1. The Bertz CT molecular complexity index is 2180. The minimum atomic E-state index is 0.146. The molecule has 1 N–H and O–H groups in total. The van der Waals surface area contributed by atoms with Gasteiger partial charge in [-0.05, 0) is 128 Å². The van der Waals surface area contributed by atoms with Crippen LogP contribution in [-0.2, 0) is 21.0 Å². The summed E-state index contributed by atoms with van der Waals surface area (Å²) in [5.74, 6) is 4.21. The molecule has 0 bridgehead atoms. The second kappa shape index (κ2) is 30.7. The standard InChI is InChI=1S/C11H21NO.C11H17NO.C11H17N.C10H18N2.2C10H17NS/c2*1-8(2)10-6-5-7-12(9(3)4)11(10)13;1-8(2)10-5-6-11(9(3)4)12-7-10;1-7(2)8-6-9(12-11-8)10(3,4)5;1-7(2)9-11-6-8(12-9)10(3,4)5;1-7(2)8-6-9(12-11-8)10(3,4)5/h8-10H,5-7H2,1-4H3;5-9H,1-4H3;5-9H,1-4H3;6-7H,1-5H3,(H,11,12);2*6-7H,1-5H3. The van der Waals surface area contributed by atoms with Gasteiger partial charge in [0.05, 0.1) is 16.4 Å². The van der Waals surface area contributed by atoms with Gasteiger partial charge >= 0.3 is 0 Å². The molecule has 0 spiro atoms. The lowest BCUT2D eigenvalue weighted by Gasteiger charge is -2.36. The van der Waals surface area contributed by atoms with Crippen LogP contribution in [0.3, 0.4) is 0 Å². The van der Waals surface area contributed by atoms with Crippen LogP contribution in [-0.4, -0.2) is 52.5 Å². The summed E-state index contributed by atoms with van der Waals surface area (Å²) >= 11 is 3.47. The van der Waals surface area contributed by atoms with E-state index in [2.05, 4.69) is 208 Å². The van der Waals surface area contributed by atoms with Crippen molar-refractivity contribution in [1.82, 2.24) is 34.0 Å². The van der Waals surface area contributed by atoms with Gasteiger partial charge in [0, 0.05) is 81.2 Å². The number of likely N-dealkylation sites (tertiary alicyclic amines) is 1. The van der Waals surface area contributed by atoms with Gasteiger partial charge in [0.1, 0.15) is 0 Å². The topological polar surface area (TPSA) is 110 Å². The molecule has 1 saturated heterocycles. The van der Waals surface area contributed by atoms with Gasteiger partial charge in [-0.25, -0.2) is 4.98 Å². The van der Waals surface area contributed by atoms with Gasteiger partial charge in [-0.1, -0.05) is 171 Å². The fourth-order valence-corrected chi connectivity index (χ4v) is 9.26. The van der Waals surface area contributed by atoms with Crippen molar-refractivity contribution in [2.75, 3.05) is 6.54 Å². The molecule has 1 atom stereocenters. The van der Waals surface area contributed by atoms with E-state index < -0.39 is 0 Å². The zero-order valence-corrected chi connectivity index (χ0v) is 53.5. The summed E-state index contributed by atoms with van der Waals surface area (Å²) < 4.78 is 6.20. The molecule has 0 aliphatic carbocycles. The molecule has 5 aromatic rings. The molecule has 74 heavy (non-hydrogen) atoms. The number of amides is 1. The number of nitrogens with one attached hydrogen (secondary N) is 1. The molecule has 11 heteroatoms. The first-order valence-corrected chi connectivity index (χ1v) is 29.5. The van der Waals surface area contributed by atoms with Crippen molar-refractivity contribution in [2.45, 2.75) is 264 Å². The number of hydrogen-bond donors (Lipinski definition) is 1. The molecule has 0 saturated carbocycles. The number of pyridine rings is 2. The van der Waals surface area contributed by atoms with Gasteiger partial charge in [0.15, 0.2) is 0 Å². The van der Waals surface area contributed by atoms with Gasteiger partial charge < -0.3 is 9.47 Å². The summed E-state index contributed by atoms with van der Waals surface area (Å²) in [6.45, 7) is 59.2. The summed E-state index contributed by atoms with van der Waals surface area (Å²) in [5.41, 5.74) is 7.80. The molecular weight excluding hydrogens is 951 g/mol. The maximum absolute atomic E-state index is 11.9. The van der Waals surface area contributed by atoms with Crippen molar-refractivity contribution < 1.29 is 4.79 Å². The van der Waals surface area contributed by atoms with Crippen molar-refractivity contribution in [2.24, 2.45) is 11.8 Å². The van der Waals surface area contributed by atoms with Crippen LogP contribution in [0.2, 0.25) is 0 Å². The average molecular weight is 1060 g/mol. The zero-order chi connectivity index (χ0) is 57.2. The maximum atomic E-state index is 11.9. The van der Waals surface area contributed by atoms with E-state index in [4.69, 9.17) is 0 Å². The van der Waals surface area contributed by atoms with E-state index in [9.17, 15) is 9.59 Å². The molecule has 1 aliphatic heterocycles. The number of rotatable bonds is 9. The van der Waals surface area contributed by atoms with Crippen LogP contribution in [0.15, 0.2) is 59.8 Å². The number of piperidine rings is 1. The number of H-pyrrole nitrogens is 1. The lowest BCUT2D eigenvalue weighted by molar-refractivity contribution is -0.142. The normalized spacial score (nSPS) is 14.2. The van der Waals surface area contributed by atoms with Crippen LogP contribution in [0.4, 0.5) is 0 Å². The molecular formula is C63H107N7O2S2. The number of aromatic amines is 1. The monoisotopic (exact) mass is 1060 g/mol. The molecule has 0 radical (unpaired) electrons. The zero-order valence-electron chi connectivity index (χ0n) is 51.9. The fraction of sp³-hybridized carbons (Fsp3) is 0.683. The molecule has 1 aliphatic rings. The Morgan fingerprint density at radius 1 is 0.608 bits per heavy atom. The van der Waals surface area contributed by atoms with Crippen LogP contribution < -0.4 is 5.56 Å². The minimum absolute atomic E-state index is 0.146. The molecule has 1 fully saturated rings. The van der Waals surface area contributed by atoms with Crippen molar-refractivity contribution in [3.05, 3.63) is 114 Å². The predicted molar refractivity (Wildman–Crippen MR) is 323 cm³/mol. The molecule has 5 aromatic heterocycles. The summed E-state index contributed by atoms with van der Waals surface area (Å²) in [6.07, 6.45) is 8.10. The molecule has 6 heterocycles. The summed E-state index contributed by atoms with van der Waals surface area (Å²) in [7, 11) is 0. The fourth-order valence-electron chi connectivity index (χ4n) is 7.36. The maximum Gasteiger partial charge on any atom is 0.254 e. The van der Waals surface area contributed by atoms with Gasteiger partial charge in [-0.2, -0.15) is 9.47 Å². The van der Waals surface area contributed by atoms with Crippen LogP contribution in [0.25, 0.3) is 0 Å². The largest absolute Gasteiger partial charge is 0.340 e. The third-order valence-corrected chi connectivity index (χ3v) is 15.7. The Morgan fingerprint density at radius 3 is 1.53 bits per heavy atom. The van der Waals surface area contributed by atoms with E-state index in [0.717, 1.165) is 24.2 Å². The van der Waals surface area contributed by atoms with Gasteiger partial charge in [-0.15, -0.1) is 11.3 Å². The summed E-state index contributed by atoms with van der Waals surface area (Å²) in [5, 5.41) is 8.60. The Balaban J connectivity index is 0.000000444. The highest BCUT2D eigenvalue weighted by Crippen LogP contribution is 2.31. The first-order valence-electron chi connectivity index (χ1n) is 27.9. The second-order valence-electron chi connectivity index (χ2n) is 26.0. The Morgan fingerprint density at radius 2 is 1.19 bits per heavy atom. The van der Waals surface area contributed by atoms with Crippen molar-refractivity contribution in [3.8, 4) is 0 Å². The van der Waals surface area contributed by atoms with Gasteiger partial charge in [-0.3, -0.25) is 19.7 Å². The second-order valence-corrected chi connectivity index (χ2v) is 27.8. The van der Waals surface area contributed by atoms with E-state index in [1.54, 1.807) is 16.1 Å². The van der Waals surface area contributed by atoms with E-state index in [1.165, 1.54) is 43.8 Å². The average Bonchev–Trinajstić information content (AvgIpc) is 4.10. The quantitative estimate of drug-likeness (QED) is 0.157. The third kappa shape index (κ3) is 23.1. The minimum Gasteiger partial charge on any atom is -0.340 e. The molecule has 418 valence electrons. The Hall–Kier alpha value is -3.96.